The summed E-state index contributed by atoms with van der Waals surface area (Å²) in [4.78, 5) is 19.6. The Morgan fingerprint density at radius 1 is 1.11 bits per heavy atom. The summed E-state index contributed by atoms with van der Waals surface area (Å²) in [5, 5.41) is 0. The van der Waals surface area contributed by atoms with E-state index in [2.05, 4.69) is 28.5 Å². The minimum atomic E-state index is 0.194. The molecule has 4 heteroatoms. The van der Waals surface area contributed by atoms with Gasteiger partial charge >= 0.3 is 0 Å². The van der Waals surface area contributed by atoms with Crippen LogP contribution in [0.25, 0.3) is 0 Å². The van der Waals surface area contributed by atoms with E-state index in [1.807, 2.05) is 0 Å². The second-order valence-corrected chi connectivity index (χ2v) is 6.40. The zero-order chi connectivity index (χ0) is 13.4. The highest BCUT2D eigenvalue weighted by Gasteiger charge is 2.43. The molecule has 2 unspecified atom stereocenters. The van der Waals surface area contributed by atoms with E-state index < -0.39 is 0 Å². The Balaban J connectivity index is 1.53. The molecule has 4 nitrogen and oxygen atoms in total. The normalized spacial score (nSPS) is 32.0. The summed E-state index contributed by atoms with van der Waals surface area (Å²) < 4.78 is 0. The summed E-state index contributed by atoms with van der Waals surface area (Å²) in [7, 11) is 0. The number of hydrogen-bond donors (Lipinski definition) is 0. The van der Waals surface area contributed by atoms with Crippen molar-refractivity contribution in [2.75, 3.05) is 32.7 Å². The molecule has 3 rings (SSSR count). The van der Waals surface area contributed by atoms with Gasteiger partial charge < -0.3 is 4.90 Å². The lowest BCUT2D eigenvalue weighted by Gasteiger charge is -2.39. The number of carbonyl (C=O) groups is 1. The van der Waals surface area contributed by atoms with E-state index in [4.69, 9.17) is 0 Å². The molecule has 0 aromatic carbocycles. The third-order valence-electron chi connectivity index (χ3n) is 5.20. The molecule has 1 amide bonds. The smallest absolute Gasteiger partial charge is 0.240 e. The van der Waals surface area contributed by atoms with Gasteiger partial charge in [0.2, 0.25) is 5.91 Å². The molecule has 0 radical (unpaired) electrons. The lowest BCUT2D eigenvalue weighted by atomic mass is 10.1. The molecule has 2 atom stereocenters. The van der Waals surface area contributed by atoms with Crippen LogP contribution in [0.15, 0.2) is 0 Å². The van der Waals surface area contributed by atoms with E-state index in [0.717, 1.165) is 39.1 Å². The van der Waals surface area contributed by atoms with E-state index in [1.54, 1.807) is 0 Å². The number of likely N-dealkylation sites (tertiary alicyclic amines) is 1. The minimum Gasteiger partial charge on any atom is -0.338 e. The fraction of sp³-hybridized carbons (Fsp3) is 0.933. The Morgan fingerprint density at radius 2 is 1.79 bits per heavy atom. The van der Waals surface area contributed by atoms with Crippen molar-refractivity contribution in [2.24, 2.45) is 0 Å². The van der Waals surface area contributed by atoms with Gasteiger partial charge in [0, 0.05) is 44.8 Å². The molecule has 1 saturated carbocycles. The third kappa shape index (κ3) is 2.65. The van der Waals surface area contributed by atoms with Gasteiger partial charge in [-0.2, -0.15) is 0 Å². The van der Waals surface area contributed by atoms with Crippen molar-refractivity contribution in [3.8, 4) is 0 Å². The number of nitrogens with zero attached hydrogens (tertiary/aromatic N) is 3. The maximum atomic E-state index is 12.4. The number of rotatable bonds is 4. The second-order valence-electron chi connectivity index (χ2n) is 6.40. The summed E-state index contributed by atoms with van der Waals surface area (Å²) in [6.07, 6.45) is 4.75. The van der Waals surface area contributed by atoms with Gasteiger partial charge in [-0.1, -0.05) is 6.92 Å². The molecule has 2 heterocycles. The van der Waals surface area contributed by atoms with Crippen LogP contribution < -0.4 is 0 Å². The van der Waals surface area contributed by atoms with Crippen LogP contribution >= 0.6 is 0 Å². The van der Waals surface area contributed by atoms with Gasteiger partial charge in [0.05, 0.1) is 6.04 Å². The summed E-state index contributed by atoms with van der Waals surface area (Å²) in [6.45, 7) is 9.96. The Morgan fingerprint density at radius 3 is 2.37 bits per heavy atom. The topological polar surface area (TPSA) is 26.8 Å². The van der Waals surface area contributed by atoms with Gasteiger partial charge in [-0.25, -0.2) is 0 Å². The van der Waals surface area contributed by atoms with Gasteiger partial charge in [0.25, 0.3) is 0 Å². The van der Waals surface area contributed by atoms with Gasteiger partial charge in [0.15, 0.2) is 0 Å². The average Bonchev–Trinajstić information content (AvgIpc) is 3.21. The Labute approximate surface area is 116 Å². The predicted octanol–water partition coefficient (Wildman–Crippen LogP) is 1.17. The number of carbonyl (C=O) groups excluding carboxylic acids is 1. The van der Waals surface area contributed by atoms with Crippen molar-refractivity contribution >= 4 is 5.91 Å². The van der Waals surface area contributed by atoms with Crippen LogP contribution in [0.3, 0.4) is 0 Å². The summed E-state index contributed by atoms with van der Waals surface area (Å²) >= 11 is 0. The van der Waals surface area contributed by atoms with Crippen LogP contribution in [0, 0.1) is 0 Å². The molecule has 108 valence electrons. The fourth-order valence-electron chi connectivity index (χ4n) is 3.52. The number of piperazine rings is 1. The average molecular weight is 265 g/mol. The highest BCUT2D eigenvalue weighted by Crippen LogP contribution is 2.32. The highest BCUT2D eigenvalue weighted by atomic mass is 16.2. The lowest BCUT2D eigenvalue weighted by molar-refractivity contribution is -0.133. The Bertz CT molecular complexity index is 334. The van der Waals surface area contributed by atoms with Crippen molar-refractivity contribution in [1.82, 2.24) is 14.7 Å². The van der Waals surface area contributed by atoms with E-state index >= 15 is 0 Å². The summed E-state index contributed by atoms with van der Waals surface area (Å²) in [5.41, 5.74) is 0. The van der Waals surface area contributed by atoms with Crippen molar-refractivity contribution < 1.29 is 4.79 Å². The monoisotopic (exact) mass is 265 g/mol. The van der Waals surface area contributed by atoms with Gasteiger partial charge in [-0.15, -0.1) is 0 Å². The van der Waals surface area contributed by atoms with E-state index in [-0.39, 0.29) is 6.04 Å². The molecule has 0 aromatic rings. The van der Waals surface area contributed by atoms with Crippen LogP contribution in [0.2, 0.25) is 0 Å². The summed E-state index contributed by atoms with van der Waals surface area (Å²) in [6, 6.07) is 1.47. The lowest BCUT2D eigenvalue weighted by Crippen LogP contribution is -2.54. The van der Waals surface area contributed by atoms with Crippen LogP contribution in [0.1, 0.15) is 39.5 Å². The first kappa shape index (κ1) is 13.4. The SMILES string of the molecule is CCC(C)N1CCN(C2CCN(C3CC3)C2=O)CC1. The molecular formula is C15H27N3O. The van der Waals surface area contributed by atoms with Crippen LogP contribution in [0.5, 0.6) is 0 Å². The van der Waals surface area contributed by atoms with Crippen LogP contribution in [-0.2, 0) is 4.79 Å². The van der Waals surface area contributed by atoms with E-state index in [9.17, 15) is 4.79 Å². The zero-order valence-electron chi connectivity index (χ0n) is 12.3. The fourth-order valence-corrected chi connectivity index (χ4v) is 3.52. The zero-order valence-corrected chi connectivity index (χ0v) is 12.3. The maximum Gasteiger partial charge on any atom is 0.240 e. The largest absolute Gasteiger partial charge is 0.338 e. The molecule has 3 aliphatic rings. The second kappa shape index (κ2) is 5.41. The van der Waals surface area contributed by atoms with Gasteiger partial charge in [-0.05, 0) is 32.6 Å². The molecule has 2 saturated heterocycles. The predicted molar refractivity (Wildman–Crippen MR) is 76.0 cm³/mol. The molecule has 19 heavy (non-hydrogen) atoms. The van der Waals surface area contributed by atoms with Crippen molar-refractivity contribution in [1.29, 1.82) is 0 Å². The molecule has 1 aliphatic carbocycles. The van der Waals surface area contributed by atoms with E-state index in [0.29, 0.717) is 18.0 Å². The Kier molecular flexibility index (Phi) is 3.81. The van der Waals surface area contributed by atoms with Crippen LogP contribution in [0.4, 0.5) is 0 Å². The molecule has 0 aromatic heterocycles. The molecular weight excluding hydrogens is 238 g/mol. The van der Waals surface area contributed by atoms with Gasteiger partial charge in [-0.3, -0.25) is 14.6 Å². The van der Waals surface area contributed by atoms with E-state index in [1.165, 1.54) is 19.3 Å². The standard InChI is InChI=1S/C15H27N3O/c1-3-12(2)16-8-10-17(11-9-16)14-6-7-18(15(14)19)13-4-5-13/h12-14H,3-11H2,1-2H3. The Hall–Kier alpha value is -0.610. The third-order valence-corrected chi connectivity index (χ3v) is 5.20. The highest BCUT2D eigenvalue weighted by molar-refractivity contribution is 5.84. The molecule has 2 aliphatic heterocycles. The van der Waals surface area contributed by atoms with Crippen molar-refractivity contribution in [2.45, 2.75) is 57.7 Å². The van der Waals surface area contributed by atoms with Gasteiger partial charge in [0.1, 0.15) is 0 Å². The minimum absolute atomic E-state index is 0.194. The first-order valence-electron chi connectivity index (χ1n) is 7.99. The number of hydrogen-bond acceptors (Lipinski definition) is 3. The molecule has 3 fully saturated rings. The first-order valence-corrected chi connectivity index (χ1v) is 7.99. The molecule has 0 bridgehead atoms. The maximum absolute atomic E-state index is 12.4. The van der Waals surface area contributed by atoms with Crippen molar-refractivity contribution in [3.05, 3.63) is 0 Å². The number of amides is 1. The molecule has 0 N–H and O–H groups in total. The van der Waals surface area contributed by atoms with Crippen molar-refractivity contribution in [3.63, 3.8) is 0 Å². The first-order chi connectivity index (χ1) is 9.20. The van der Waals surface area contributed by atoms with Crippen LogP contribution in [-0.4, -0.2) is 71.5 Å². The summed E-state index contributed by atoms with van der Waals surface area (Å²) in [5.74, 6) is 0.416. The molecule has 0 spiro atoms. The quantitative estimate of drug-likeness (QED) is 0.763.